The van der Waals surface area contributed by atoms with E-state index in [1.165, 1.54) is 0 Å². The molecule has 0 atom stereocenters. The third-order valence-corrected chi connectivity index (χ3v) is 2.08. The fourth-order valence-corrected chi connectivity index (χ4v) is 1.01. The number of ether oxygens (including phenoxy) is 1. The van der Waals surface area contributed by atoms with Gasteiger partial charge in [-0.1, -0.05) is 5.11 Å². The van der Waals surface area contributed by atoms with Gasteiger partial charge in [-0.2, -0.15) is 0 Å². The summed E-state index contributed by atoms with van der Waals surface area (Å²) in [6, 6.07) is 0. The van der Waals surface area contributed by atoms with E-state index in [1.54, 1.807) is 13.8 Å². The minimum absolute atomic E-state index is 0.306. The van der Waals surface area contributed by atoms with Crippen LogP contribution in [0.2, 0.25) is 0 Å². The normalized spacial score (nSPS) is 12.3. The maximum atomic E-state index is 9.48. The molecular formula is C10H21N3O2. The van der Waals surface area contributed by atoms with Crippen LogP contribution in [0.4, 0.5) is 0 Å². The van der Waals surface area contributed by atoms with Gasteiger partial charge < -0.3 is 9.84 Å². The van der Waals surface area contributed by atoms with Crippen LogP contribution in [0.5, 0.6) is 0 Å². The quantitative estimate of drug-likeness (QED) is 0.402. The molecule has 0 fully saturated rings. The fourth-order valence-electron chi connectivity index (χ4n) is 1.01. The Morgan fingerprint density at radius 1 is 1.27 bits per heavy atom. The first-order valence-electron chi connectivity index (χ1n) is 5.14. The SMILES string of the molecule is CC(C)(O)CCOC(C)(C)CCN=[N+]=[N-]. The van der Waals surface area contributed by atoms with Crippen molar-refractivity contribution >= 4 is 0 Å². The molecule has 0 rings (SSSR count). The maximum absolute atomic E-state index is 9.48. The summed E-state index contributed by atoms with van der Waals surface area (Å²) in [6.45, 7) is 8.35. The van der Waals surface area contributed by atoms with Crippen molar-refractivity contribution in [2.45, 2.75) is 51.7 Å². The van der Waals surface area contributed by atoms with E-state index in [9.17, 15) is 5.11 Å². The van der Waals surface area contributed by atoms with E-state index in [0.29, 0.717) is 26.0 Å². The highest BCUT2D eigenvalue weighted by atomic mass is 16.5. The van der Waals surface area contributed by atoms with E-state index in [4.69, 9.17) is 10.3 Å². The highest BCUT2D eigenvalue weighted by Gasteiger charge is 2.19. The molecule has 0 radical (unpaired) electrons. The minimum atomic E-state index is -0.694. The van der Waals surface area contributed by atoms with Crippen LogP contribution in [0.1, 0.15) is 40.5 Å². The third-order valence-electron chi connectivity index (χ3n) is 2.08. The molecule has 0 aromatic carbocycles. The van der Waals surface area contributed by atoms with Gasteiger partial charge in [0.1, 0.15) is 0 Å². The lowest BCUT2D eigenvalue weighted by Crippen LogP contribution is -2.29. The van der Waals surface area contributed by atoms with Gasteiger partial charge in [-0.25, -0.2) is 0 Å². The Morgan fingerprint density at radius 2 is 1.87 bits per heavy atom. The van der Waals surface area contributed by atoms with Gasteiger partial charge >= 0.3 is 0 Å². The van der Waals surface area contributed by atoms with Gasteiger partial charge in [0, 0.05) is 11.5 Å². The Balaban J connectivity index is 3.78. The molecule has 15 heavy (non-hydrogen) atoms. The molecule has 0 unspecified atom stereocenters. The molecule has 5 heteroatoms. The van der Waals surface area contributed by atoms with E-state index >= 15 is 0 Å². The van der Waals surface area contributed by atoms with Crippen LogP contribution in [0.3, 0.4) is 0 Å². The van der Waals surface area contributed by atoms with Crippen molar-refractivity contribution < 1.29 is 9.84 Å². The molecule has 0 aromatic heterocycles. The topological polar surface area (TPSA) is 78.2 Å². The van der Waals surface area contributed by atoms with Crippen LogP contribution < -0.4 is 0 Å². The van der Waals surface area contributed by atoms with Crippen LogP contribution in [0, 0.1) is 0 Å². The molecule has 0 heterocycles. The van der Waals surface area contributed by atoms with Gasteiger partial charge in [-0.3, -0.25) is 0 Å². The molecule has 0 aliphatic carbocycles. The monoisotopic (exact) mass is 215 g/mol. The highest BCUT2D eigenvalue weighted by molar-refractivity contribution is 4.72. The molecule has 0 aliphatic rings. The van der Waals surface area contributed by atoms with Crippen molar-refractivity contribution in [3.63, 3.8) is 0 Å². The molecule has 0 aromatic rings. The first-order valence-corrected chi connectivity index (χ1v) is 5.14. The van der Waals surface area contributed by atoms with E-state index < -0.39 is 5.60 Å². The molecule has 0 amide bonds. The first kappa shape index (κ1) is 14.2. The van der Waals surface area contributed by atoms with Crippen LogP contribution in [0.25, 0.3) is 10.4 Å². The minimum Gasteiger partial charge on any atom is -0.390 e. The van der Waals surface area contributed by atoms with E-state index in [2.05, 4.69) is 10.0 Å². The van der Waals surface area contributed by atoms with Gasteiger partial charge in [0.05, 0.1) is 17.8 Å². The van der Waals surface area contributed by atoms with Crippen LogP contribution >= 0.6 is 0 Å². The van der Waals surface area contributed by atoms with Gasteiger partial charge in [-0.15, -0.1) is 0 Å². The maximum Gasteiger partial charge on any atom is 0.0627 e. The van der Waals surface area contributed by atoms with Crippen molar-refractivity contribution in [1.29, 1.82) is 0 Å². The molecule has 0 saturated carbocycles. The van der Waals surface area contributed by atoms with Crippen molar-refractivity contribution in [2.75, 3.05) is 13.2 Å². The zero-order chi connectivity index (χ0) is 11.9. The lowest BCUT2D eigenvalue weighted by atomic mass is 10.0. The molecule has 0 saturated heterocycles. The van der Waals surface area contributed by atoms with Gasteiger partial charge in [0.2, 0.25) is 0 Å². The third kappa shape index (κ3) is 9.53. The Kier molecular flexibility index (Phi) is 5.65. The summed E-state index contributed by atoms with van der Waals surface area (Å²) in [5.74, 6) is 0. The van der Waals surface area contributed by atoms with Crippen molar-refractivity contribution in [1.82, 2.24) is 0 Å². The fraction of sp³-hybridized carbons (Fsp3) is 1.00. The van der Waals surface area contributed by atoms with E-state index in [1.807, 2.05) is 13.8 Å². The van der Waals surface area contributed by atoms with Gasteiger partial charge in [0.25, 0.3) is 0 Å². The number of azide groups is 1. The summed E-state index contributed by atoms with van der Waals surface area (Å²) < 4.78 is 5.61. The van der Waals surface area contributed by atoms with Crippen LogP contribution in [-0.4, -0.2) is 29.5 Å². The molecule has 0 spiro atoms. The molecular weight excluding hydrogens is 194 g/mol. The summed E-state index contributed by atoms with van der Waals surface area (Å²) in [4.78, 5) is 2.69. The average Bonchev–Trinajstić information content (AvgIpc) is 2.01. The van der Waals surface area contributed by atoms with E-state index in [-0.39, 0.29) is 5.60 Å². The predicted octanol–water partition coefficient (Wildman–Crippen LogP) is 2.64. The first-order chi connectivity index (χ1) is 6.77. The predicted molar refractivity (Wildman–Crippen MR) is 59.6 cm³/mol. The van der Waals surface area contributed by atoms with E-state index in [0.717, 1.165) is 0 Å². The zero-order valence-corrected chi connectivity index (χ0v) is 10.0. The molecule has 5 nitrogen and oxygen atoms in total. The van der Waals surface area contributed by atoms with Crippen molar-refractivity contribution in [3.05, 3.63) is 10.4 Å². The largest absolute Gasteiger partial charge is 0.390 e. The Hall–Kier alpha value is -0.770. The number of rotatable bonds is 7. The van der Waals surface area contributed by atoms with Gasteiger partial charge in [0.15, 0.2) is 0 Å². The Labute approximate surface area is 91.1 Å². The number of hydrogen-bond acceptors (Lipinski definition) is 3. The van der Waals surface area contributed by atoms with Crippen molar-refractivity contribution in [2.24, 2.45) is 5.11 Å². The second-order valence-corrected chi connectivity index (χ2v) is 4.88. The molecule has 0 aliphatic heterocycles. The zero-order valence-electron chi connectivity index (χ0n) is 10.0. The van der Waals surface area contributed by atoms with Crippen LogP contribution in [-0.2, 0) is 4.74 Å². The standard InChI is InChI=1S/C10H21N3O2/c1-9(2,14)6-8-15-10(3,4)5-7-12-13-11/h14H,5-8H2,1-4H3. The second-order valence-electron chi connectivity index (χ2n) is 4.88. The smallest absolute Gasteiger partial charge is 0.0627 e. The number of aliphatic hydroxyl groups is 1. The molecule has 0 bridgehead atoms. The van der Waals surface area contributed by atoms with Crippen molar-refractivity contribution in [3.8, 4) is 0 Å². The Morgan fingerprint density at radius 3 is 2.33 bits per heavy atom. The number of hydrogen-bond donors (Lipinski definition) is 1. The Bertz CT molecular complexity index is 227. The average molecular weight is 215 g/mol. The number of nitrogens with zero attached hydrogens (tertiary/aromatic N) is 3. The highest BCUT2D eigenvalue weighted by Crippen LogP contribution is 2.17. The summed E-state index contributed by atoms with van der Waals surface area (Å²) in [5, 5.41) is 12.9. The summed E-state index contributed by atoms with van der Waals surface area (Å²) in [6.07, 6.45) is 1.28. The lowest BCUT2D eigenvalue weighted by molar-refractivity contribution is -0.0485. The molecule has 88 valence electrons. The van der Waals surface area contributed by atoms with Crippen LogP contribution in [0.15, 0.2) is 5.11 Å². The lowest BCUT2D eigenvalue weighted by Gasteiger charge is -2.26. The van der Waals surface area contributed by atoms with Gasteiger partial charge in [-0.05, 0) is 46.1 Å². The summed E-state index contributed by atoms with van der Waals surface area (Å²) in [5.41, 5.74) is 7.13. The molecule has 1 N–H and O–H groups in total. The second kappa shape index (κ2) is 5.95. The summed E-state index contributed by atoms with van der Waals surface area (Å²) >= 11 is 0. The summed E-state index contributed by atoms with van der Waals surface area (Å²) in [7, 11) is 0.